The summed E-state index contributed by atoms with van der Waals surface area (Å²) in [6.45, 7) is 3.89. The molecule has 18 heavy (non-hydrogen) atoms. The van der Waals surface area contributed by atoms with E-state index in [0.717, 1.165) is 30.3 Å². The lowest BCUT2D eigenvalue weighted by molar-refractivity contribution is -0.142. The molecule has 6 heteroatoms. The molecule has 1 aliphatic rings. The molecule has 1 fully saturated rings. The molecule has 0 radical (unpaired) electrons. The van der Waals surface area contributed by atoms with E-state index in [0.29, 0.717) is 6.61 Å². The SMILES string of the molecule is CCOC(=O)C(C)SC(=S)ON=C1CCCCC1. The van der Waals surface area contributed by atoms with Gasteiger partial charge in [0.05, 0.1) is 12.3 Å². The van der Waals surface area contributed by atoms with Crippen LogP contribution in [0.5, 0.6) is 0 Å². The molecule has 0 aromatic heterocycles. The number of thiocarbonyl (C=S) groups is 1. The van der Waals surface area contributed by atoms with Crippen molar-refractivity contribution < 1.29 is 14.4 Å². The van der Waals surface area contributed by atoms with Crippen LogP contribution in [0.1, 0.15) is 46.0 Å². The monoisotopic (exact) mass is 289 g/mol. The topological polar surface area (TPSA) is 47.9 Å². The van der Waals surface area contributed by atoms with Crippen LogP contribution < -0.4 is 0 Å². The molecule has 1 saturated carbocycles. The number of ether oxygens (including phenoxy) is 1. The summed E-state index contributed by atoms with van der Waals surface area (Å²) in [6, 6.07) is 0. The van der Waals surface area contributed by atoms with Crippen LogP contribution in [0.3, 0.4) is 0 Å². The first kappa shape index (κ1) is 15.4. The van der Waals surface area contributed by atoms with Crippen LogP contribution in [0, 0.1) is 0 Å². The van der Waals surface area contributed by atoms with Crippen LogP contribution >= 0.6 is 24.0 Å². The summed E-state index contributed by atoms with van der Waals surface area (Å²) < 4.78 is 5.16. The second-order valence-corrected chi connectivity index (χ2v) is 6.01. The van der Waals surface area contributed by atoms with Gasteiger partial charge in [-0.15, -0.1) is 0 Å². The summed E-state index contributed by atoms with van der Waals surface area (Å²) >= 11 is 6.19. The Kier molecular flexibility index (Phi) is 7.27. The second-order valence-electron chi connectivity index (χ2n) is 4.07. The highest BCUT2D eigenvalue weighted by atomic mass is 32.2. The van der Waals surface area contributed by atoms with Gasteiger partial charge in [0.2, 0.25) is 0 Å². The van der Waals surface area contributed by atoms with E-state index in [1.165, 1.54) is 19.3 Å². The Bertz CT molecular complexity index is 323. The molecule has 0 N–H and O–H groups in total. The van der Waals surface area contributed by atoms with Gasteiger partial charge < -0.3 is 9.57 Å². The lowest BCUT2D eigenvalue weighted by Gasteiger charge is -2.12. The predicted molar refractivity (Wildman–Crippen MR) is 77.9 cm³/mol. The molecule has 4 nitrogen and oxygen atoms in total. The number of rotatable bonds is 4. The van der Waals surface area contributed by atoms with Crippen molar-refractivity contribution in [2.24, 2.45) is 5.16 Å². The Labute approximate surface area is 117 Å². The zero-order chi connectivity index (χ0) is 13.4. The molecule has 0 aromatic rings. The Hall–Kier alpha value is -0.620. The summed E-state index contributed by atoms with van der Waals surface area (Å²) in [6.07, 6.45) is 5.57. The predicted octanol–water partition coefficient (Wildman–Crippen LogP) is 3.29. The van der Waals surface area contributed by atoms with Crippen molar-refractivity contribution in [1.82, 2.24) is 0 Å². The minimum atomic E-state index is -0.357. The summed E-state index contributed by atoms with van der Waals surface area (Å²) in [5, 5.41) is 3.69. The molecule has 0 saturated heterocycles. The third kappa shape index (κ3) is 5.82. The Balaban J connectivity index is 2.30. The first-order chi connectivity index (χ1) is 8.63. The van der Waals surface area contributed by atoms with Crippen molar-refractivity contribution in [2.75, 3.05) is 6.61 Å². The average molecular weight is 289 g/mol. The zero-order valence-electron chi connectivity index (χ0n) is 10.8. The maximum absolute atomic E-state index is 11.4. The van der Waals surface area contributed by atoms with E-state index in [-0.39, 0.29) is 15.6 Å². The van der Waals surface area contributed by atoms with E-state index in [1.54, 1.807) is 13.8 Å². The van der Waals surface area contributed by atoms with Crippen molar-refractivity contribution in [1.29, 1.82) is 0 Å². The third-order valence-corrected chi connectivity index (χ3v) is 3.75. The fourth-order valence-corrected chi connectivity index (χ4v) is 2.63. The van der Waals surface area contributed by atoms with Gasteiger partial charge in [-0.3, -0.25) is 4.79 Å². The highest BCUT2D eigenvalue weighted by molar-refractivity contribution is 8.23. The highest BCUT2D eigenvalue weighted by Gasteiger charge is 2.18. The van der Waals surface area contributed by atoms with Crippen molar-refractivity contribution in [3.8, 4) is 0 Å². The van der Waals surface area contributed by atoms with E-state index < -0.39 is 0 Å². The molecular formula is C12H19NO3S2. The van der Waals surface area contributed by atoms with Crippen LogP contribution in [0.25, 0.3) is 0 Å². The first-order valence-electron chi connectivity index (χ1n) is 6.23. The smallest absolute Gasteiger partial charge is 0.319 e. The number of hydrogen-bond acceptors (Lipinski definition) is 6. The number of carbonyl (C=O) groups excluding carboxylic acids is 1. The Morgan fingerprint density at radius 2 is 2.11 bits per heavy atom. The van der Waals surface area contributed by atoms with E-state index in [1.807, 2.05) is 0 Å². The van der Waals surface area contributed by atoms with E-state index in [4.69, 9.17) is 21.8 Å². The van der Waals surface area contributed by atoms with Crippen LogP contribution in [0.2, 0.25) is 0 Å². The van der Waals surface area contributed by atoms with Gasteiger partial charge in [0.25, 0.3) is 4.38 Å². The summed E-state index contributed by atoms with van der Waals surface area (Å²) in [5.41, 5.74) is 1.06. The number of carbonyl (C=O) groups is 1. The minimum absolute atomic E-state index is 0.272. The van der Waals surface area contributed by atoms with Crippen LogP contribution in [-0.4, -0.2) is 27.9 Å². The van der Waals surface area contributed by atoms with Gasteiger partial charge in [0.1, 0.15) is 5.25 Å². The maximum atomic E-state index is 11.4. The highest BCUT2D eigenvalue weighted by Crippen LogP contribution is 2.18. The number of nitrogens with zero attached hydrogens (tertiary/aromatic N) is 1. The standard InChI is InChI=1S/C12H19NO3S2/c1-3-15-11(14)9(2)18-12(17)16-13-10-7-5-4-6-8-10/h9H,3-8H2,1-2H3. The normalized spacial score (nSPS) is 16.9. The fourth-order valence-electron chi connectivity index (χ4n) is 1.63. The van der Waals surface area contributed by atoms with E-state index >= 15 is 0 Å². The van der Waals surface area contributed by atoms with Gasteiger partial charge in [-0.1, -0.05) is 23.3 Å². The number of hydrogen-bond donors (Lipinski definition) is 0. The van der Waals surface area contributed by atoms with Gasteiger partial charge in [0.15, 0.2) is 0 Å². The van der Waals surface area contributed by atoms with Crippen LogP contribution in [0.4, 0.5) is 0 Å². The van der Waals surface area contributed by atoms with Gasteiger partial charge >= 0.3 is 5.97 Å². The lowest BCUT2D eigenvalue weighted by atomic mass is 9.99. The van der Waals surface area contributed by atoms with Gasteiger partial charge in [-0.2, -0.15) is 0 Å². The average Bonchev–Trinajstić information content (AvgIpc) is 2.38. The molecule has 0 heterocycles. The molecule has 1 rings (SSSR count). The van der Waals surface area contributed by atoms with Gasteiger partial charge in [-0.25, -0.2) is 0 Å². The molecule has 0 aromatic carbocycles. The number of oxime groups is 1. The largest absolute Gasteiger partial charge is 0.465 e. The molecule has 102 valence electrons. The lowest BCUT2D eigenvalue weighted by Crippen LogP contribution is -2.18. The van der Waals surface area contributed by atoms with Crippen molar-refractivity contribution in [3.05, 3.63) is 0 Å². The molecule has 1 aliphatic carbocycles. The molecule has 0 bridgehead atoms. The van der Waals surface area contributed by atoms with E-state index in [9.17, 15) is 4.79 Å². The van der Waals surface area contributed by atoms with Crippen LogP contribution in [0.15, 0.2) is 5.16 Å². The quantitative estimate of drug-likeness (QED) is 0.451. The van der Waals surface area contributed by atoms with Crippen molar-refractivity contribution in [2.45, 2.75) is 51.2 Å². The second kappa shape index (κ2) is 8.48. The summed E-state index contributed by atoms with van der Waals surface area (Å²) in [4.78, 5) is 16.5. The van der Waals surface area contributed by atoms with Crippen molar-refractivity contribution >= 4 is 40.0 Å². The van der Waals surface area contributed by atoms with Crippen LogP contribution in [-0.2, 0) is 14.4 Å². The van der Waals surface area contributed by atoms with Gasteiger partial charge in [0, 0.05) is 0 Å². The van der Waals surface area contributed by atoms with Gasteiger partial charge in [-0.05, 0) is 51.7 Å². The van der Waals surface area contributed by atoms with E-state index in [2.05, 4.69) is 5.16 Å². The number of thioether (sulfide) groups is 1. The zero-order valence-corrected chi connectivity index (χ0v) is 12.4. The third-order valence-electron chi connectivity index (χ3n) is 2.57. The maximum Gasteiger partial charge on any atom is 0.319 e. The first-order valence-corrected chi connectivity index (χ1v) is 7.52. The molecule has 1 atom stereocenters. The minimum Gasteiger partial charge on any atom is -0.465 e. The fraction of sp³-hybridized carbons (Fsp3) is 0.750. The molecule has 0 spiro atoms. The Morgan fingerprint density at radius 3 is 2.72 bits per heavy atom. The molecule has 0 aliphatic heterocycles. The molecular weight excluding hydrogens is 270 g/mol. The Morgan fingerprint density at radius 1 is 1.44 bits per heavy atom. The molecule has 0 amide bonds. The molecule has 1 unspecified atom stereocenters. The van der Waals surface area contributed by atoms with Crippen molar-refractivity contribution in [3.63, 3.8) is 0 Å². The number of esters is 1. The summed E-state index contributed by atoms with van der Waals surface area (Å²) in [7, 11) is 0. The summed E-state index contributed by atoms with van der Waals surface area (Å²) in [5.74, 6) is -0.279.